The van der Waals surface area contributed by atoms with Crippen LogP contribution in [0.25, 0.3) is 22.3 Å². The van der Waals surface area contributed by atoms with Gasteiger partial charge >= 0.3 is 15.0 Å². The van der Waals surface area contributed by atoms with Crippen LogP contribution in [0.15, 0.2) is 25.3 Å². The monoisotopic (exact) mass is 701 g/mol. The predicted octanol–water partition coefficient (Wildman–Crippen LogP) is 1.45. The highest BCUT2D eigenvalue weighted by Crippen LogP contribution is 2.54. The van der Waals surface area contributed by atoms with Gasteiger partial charge in [0.05, 0.1) is 19.3 Å². The van der Waals surface area contributed by atoms with E-state index < -0.39 is 76.8 Å². The molecule has 4 aromatic rings. The van der Waals surface area contributed by atoms with Gasteiger partial charge in [0, 0.05) is 11.7 Å². The van der Waals surface area contributed by atoms with Crippen LogP contribution >= 0.6 is 15.0 Å². The molecular formula is C23H28FN10O9P2S+. The maximum Gasteiger partial charge on any atom is 0.697 e. The second-order valence-electron chi connectivity index (χ2n) is 10.7. The third-order valence-corrected chi connectivity index (χ3v) is 10.5. The number of alkyl halides is 1. The maximum absolute atomic E-state index is 15.9. The molecule has 0 saturated carbocycles. The first-order valence-corrected chi connectivity index (χ1v) is 17.5. The van der Waals surface area contributed by atoms with Gasteiger partial charge in [-0.15, -0.1) is 9.05 Å². The molecule has 46 heavy (non-hydrogen) atoms. The van der Waals surface area contributed by atoms with Crippen LogP contribution in [-0.2, 0) is 48.7 Å². The summed E-state index contributed by atoms with van der Waals surface area (Å²) in [6.07, 6.45) is -3.68. The lowest BCUT2D eigenvalue weighted by molar-refractivity contribution is -0.125. The molecule has 3 aliphatic rings. The molecule has 4 aromatic heterocycles. The van der Waals surface area contributed by atoms with Gasteiger partial charge in [0.25, 0.3) is 0 Å². The number of nitrogen functional groups attached to an aromatic ring is 2. The number of fused-ring (bicyclic) bond motifs is 5. The molecule has 5 N–H and O–H groups in total. The van der Waals surface area contributed by atoms with Crippen molar-refractivity contribution in [3.63, 3.8) is 0 Å². The van der Waals surface area contributed by atoms with E-state index in [1.54, 1.807) is 11.5 Å². The number of aromatic nitrogens is 8. The number of halogens is 1. The third-order valence-electron chi connectivity index (χ3n) is 8.18. The van der Waals surface area contributed by atoms with E-state index >= 15 is 4.39 Å². The van der Waals surface area contributed by atoms with Crippen molar-refractivity contribution in [2.75, 3.05) is 31.8 Å². The van der Waals surface area contributed by atoms with Crippen molar-refractivity contribution in [1.82, 2.24) is 39.0 Å². The number of hydrogen-bond acceptors (Lipinski definition) is 17. The van der Waals surface area contributed by atoms with Crippen molar-refractivity contribution in [1.29, 1.82) is 0 Å². The molecule has 3 fully saturated rings. The van der Waals surface area contributed by atoms with Gasteiger partial charge in [-0.2, -0.15) is 0 Å². The van der Waals surface area contributed by atoms with E-state index in [1.807, 2.05) is 0 Å². The van der Waals surface area contributed by atoms with Crippen LogP contribution in [-0.4, -0.2) is 100 Å². The number of nitrogens with two attached hydrogens (primary N) is 2. The summed E-state index contributed by atoms with van der Waals surface area (Å²) in [5, 5.41) is 0. The van der Waals surface area contributed by atoms with Gasteiger partial charge in [-0.25, -0.2) is 34.3 Å². The van der Waals surface area contributed by atoms with E-state index in [0.29, 0.717) is 11.2 Å². The molecule has 19 nitrogen and oxygen atoms in total. The second kappa shape index (κ2) is 11.9. The van der Waals surface area contributed by atoms with Gasteiger partial charge in [0.15, 0.2) is 47.7 Å². The molecule has 2 bridgehead atoms. The summed E-state index contributed by atoms with van der Waals surface area (Å²) in [7, 11) is -1.51. The zero-order chi connectivity index (χ0) is 32.4. The van der Waals surface area contributed by atoms with Crippen molar-refractivity contribution in [3.8, 4) is 0 Å². The Morgan fingerprint density at radius 1 is 1.11 bits per heavy atom. The summed E-state index contributed by atoms with van der Waals surface area (Å²) < 4.78 is 73.5. The number of rotatable bonds is 4. The first-order chi connectivity index (χ1) is 22.1. The summed E-state index contributed by atoms with van der Waals surface area (Å²) in [5.74, 6) is 0.240. The van der Waals surface area contributed by atoms with E-state index in [2.05, 4.69) is 29.9 Å². The van der Waals surface area contributed by atoms with Gasteiger partial charge in [0.2, 0.25) is 0 Å². The topological polar surface area (TPSA) is 241 Å². The van der Waals surface area contributed by atoms with Crippen LogP contribution in [0.1, 0.15) is 25.8 Å². The van der Waals surface area contributed by atoms with E-state index in [0.717, 1.165) is 0 Å². The average molecular weight is 702 g/mol. The lowest BCUT2D eigenvalue weighted by Gasteiger charge is -2.32. The zero-order valence-corrected chi connectivity index (χ0v) is 26.7. The third kappa shape index (κ3) is 5.25. The standard InChI is InChI=1S/C23H27FN10O9P2S/c1-3-23-5-39-45(36,46)43-14-11(24)10(40-21(14)33-8-31-12-17(25)27-6-29-19(12)33)4-38-44(35)42-16(23)15(37-2)22(41-23)34-9-32-13-18(26)28-7-30-20(13)34/h6-11,14-16,21-22H,3-5H2,1-2H3,(H4-,25,26,27,28,29,30,36,46)/p+1/t10-,11+,14-,15-,16+,21-,22-,23-,45?/m1/s1. The Hall–Kier alpha value is -2.94. The van der Waals surface area contributed by atoms with Crippen LogP contribution in [0, 0.1) is 0 Å². The molecule has 0 amide bonds. The van der Waals surface area contributed by atoms with Crippen molar-refractivity contribution < 1.29 is 46.2 Å². The molecular weight excluding hydrogens is 673 g/mol. The van der Waals surface area contributed by atoms with E-state index in [9.17, 15) is 9.46 Å². The normalized spacial score (nSPS) is 36.3. The van der Waals surface area contributed by atoms with E-state index in [1.165, 1.54) is 37.0 Å². The fourth-order valence-corrected chi connectivity index (χ4v) is 8.10. The summed E-state index contributed by atoms with van der Waals surface area (Å²) in [5.41, 5.74) is 11.6. The van der Waals surface area contributed by atoms with Gasteiger partial charge in [-0.3, -0.25) is 13.7 Å². The van der Waals surface area contributed by atoms with Gasteiger partial charge in [0.1, 0.15) is 54.2 Å². The number of nitrogens with zero attached hydrogens (tertiary/aromatic N) is 8. The molecule has 2 unspecified atom stereocenters. The molecule has 3 aliphatic heterocycles. The molecule has 246 valence electrons. The summed E-state index contributed by atoms with van der Waals surface area (Å²) in [6, 6.07) is 0. The first kappa shape index (κ1) is 31.6. The maximum atomic E-state index is 15.9. The van der Waals surface area contributed by atoms with Crippen LogP contribution < -0.4 is 11.5 Å². The highest BCUT2D eigenvalue weighted by atomic mass is 32.5. The molecule has 3 saturated heterocycles. The predicted molar refractivity (Wildman–Crippen MR) is 158 cm³/mol. The summed E-state index contributed by atoms with van der Waals surface area (Å²) >= 11 is 5.36. The van der Waals surface area contributed by atoms with Crippen molar-refractivity contribution in [2.24, 2.45) is 0 Å². The van der Waals surface area contributed by atoms with Gasteiger partial charge in [-0.05, 0) is 18.2 Å². The number of anilines is 2. The lowest BCUT2D eigenvalue weighted by atomic mass is 9.93. The number of methoxy groups -OCH3 is 1. The molecule has 7 rings (SSSR count). The Labute approximate surface area is 264 Å². The smallest absolute Gasteiger partial charge is 0.382 e. The van der Waals surface area contributed by atoms with Crippen LogP contribution in [0.5, 0.6) is 0 Å². The SMILES string of the molecule is CC[C@@]12COP(O)(=S)O[C@@H]3[C@@H](F)[C@@H](CO[P+](=O)O[C@H]1[C@@H](OC)[C@H](n1cnc4c(N)ncnc41)O2)O[C@H]3n1cnc2c(N)ncnc21. The Morgan fingerprint density at radius 2 is 1.74 bits per heavy atom. The minimum Gasteiger partial charge on any atom is -0.382 e. The first-order valence-electron chi connectivity index (χ1n) is 13.8. The fourth-order valence-electron chi connectivity index (χ4n) is 5.85. The largest absolute Gasteiger partial charge is 0.697 e. The van der Waals surface area contributed by atoms with Crippen LogP contribution in [0.4, 0.5) is 16.0 Å². The van der Waals surface area contributed by atoms with Gasteiger partial charge in [-0.1, -0.05) is 6.92 Å². The van der Waals surface area contributed by atoms with E-state index in [-0.39, 0.29) is 29.2 Å². The quantitative estimate of drug-likeness (QED) is 0.255. The average Bonchev–Trinajstić information content (AvgIpc) is 3.79. The molecule has 0 radical (unpaired) electrons. The lowest BCUT2D eigenvalue weighted by Crippen LogP contribution is -2.47. The Kier molecular flexibility index (Phi) is 8.22. The fraction of sp³-hybridized carbons (Fsp3) is 0.565. The summed E-state index contributed by atoms with van der Waals surface area (Å²) in [6.45, 7) is -3.45. The number of imidazole rings is 2. The molecule has 0 aromatic carbocycles. The Balaban J connectivity index is 1.23. The molecule has 7 heterocycles. The summed E-state index contributed by atoms with van der Waals surface area (Å²) in [4.78, 5) is 36.1. The van der Waals surface area contributed by atoms with Gasteiger partial charge < -0.3 is 35.1 Å². The minimum absolute atomic E-state index is 0.0889. The van der Waals surface area contributed by atoms with Crippen molar-refractivity contribution in [2.45, 2.75) is 62.0 Å². The number of ether oxygens (including phenoxy) is 3. The van der Waals surface area contributed by atoms with Crippen LogP contribution in [0.3, 0.4) is 0 Å². The molecule has 0 aliphatic carbocycles. The highest BCUT2D eigenvalue weighted by molar-refractivity contribution is 8.07. The Morgan fingerprint density at radius 3 is 2.35 bits per heavy atom. The highest BCUT2D eigenvalue weighted by Gasteiger charge is 2.62. The second-order valence-corrected chi connectivity index (χ2v) is 14.4. The van der Waals surface area contributed by atoms with Crippen molar-refractivity contribution >= 4 is 60.7 Å². The molecule has 0 spiro atoms. The number of hydrogen-bond donors (Lipinski definition) is 3. The zero-order valence-electron chi connectivity index (χ0n) is 24.1. The molecule has 10 atom stereocenters. The Bertz CT molecular complexity index is 1850. The van der Waals surface area contributed by atoms with Crippen LogP contribution in [0.2, 0.25) is 0 Å². The molecule has 23 heteroatoms. The van der Waals surface area contributed by atoms with Crippen molar-refractivity contribution in [3.05, 3.63) is 25.3 Å². The van der Waals surface area contributed by atoms with E-state index in [4.69, 9.17) is 55.6 Å². The minimum atomic E-state index is -4.24.